The highest BCUT2D eigenvalue weighted by molar-refractivity contribution is 14.1. The molecule has 0 bridgehead atoms. The molecular formula is C11H14I. The smallest absolute Gasteiger partial charge is 0.0135 e. The van der Waals surface area contributed by atoms with Gasteiger partial charge in [-0.2, -0.15) is 0 Å². The van der Waals surface area contributed by atoms with Gasteiger partial charge in [0, 0.05) is 3.57 Å². The predicted octanol–water partition coefficient (Wildman–Crippen LogP) is 3.79. The molecular weight excluding hydrogens is 259 g/mol. The molecule has 1 unspecified atom stereocenters. The summed E-state index contributed by atoms with van der Waals surface area (Å²) in [6, 6.07) is 6.68. The van der Waals surface area contributed by atoms with Gasteiger partial charge in [0.15, 0.2) is 0 Å². The average molecular weight is 273 g/mol. The maximum atomic E-state index is 4.02. The highest BCUT2D eigenvalue weighted by atomic mass is 127. The molecule has 0 aromatic heterocycles. The van der Waals surface area contributed by atoms with E-state index in [1.165, 1.54) is 14.7 Å². The molecule has 0 N–H and O–H groups in total. The molecule has 0 fully saturated rings. The molecule has 1 heteroatoms. The molecule has 0 aliphatic carbocycles. The van der Waals surface area contributed by atoms with Crippen LogP contribution in [0.1, 0.15) is 30.9 Å². The van der Waals surface area contributed by atoms with Gasteiger partial charge in [-0.25, -0.2) is 0 Å². The summed E-state index contributed by atoms with van der Waals surface area (Å²) in [5, 5.41) is 0. The zero-order valence-corrected chi connectivity index (χ0v) is 9.76. The van der Waals surface area contributed by atoms with E-state index >= 15 is 0 Å². The van der Waals surface area contributed by atoms with E-state index in [-0.39, 0.29) is 0 Å². The summed E-state index contributed by atoms with van der Waals surface area (Å²) in [7, 11) is 0. The molecule has 65 valence electrons. The third kappa shape index (κ3) is 2.47. The summed E-state index contributed by atoms with van der Waals surface area (Å²) in [5.74, 6) is 0.394. The molecule has 1 aromatic carbocycles. The fourth-order valence-electron chi connectivity index (χ4n) is 1.16. The molecule has 12 heavy (non-hydrogen) atoms. The Bertz CT molecular complexity index is 264. The predicted molar refractivity (Wildman–Crippen MR) is 62.3 cm³/mol. The summed E-state index contributed by atoms with van der Waals surface area (Å²) in [4.78, 5) is 0. The Morgan fingerprint density at radius 1 is 1.42 bits per heavy atom. The highest BCUT2D eigenvalue weighted by Crippen LogP contribution is 2.19. The lowest BCUT2D eigenvalue weighted by molar-refractivity contribution is 0.953. The van der Waals surface area contributed by atoms with Gasteiger partial charge in [0.1, 0.15) is 0 Å². The maximum absolute atomic E-state index is 4.02. The maximum Gasteiger partial charge on any atom is 0.0135 e. The van der Waals surface area contributed by atoms with E-state index in [0.717, 1.165) is 6.42 Å². The van der Waals surface area contributed by atoms with Crippen LogP contribution in [0.15, 0.2) is 18.2 Å². The molecule has 1 radical (unpaired) electrons. The van der Waals surface area contributed by atoms with E-state index in [1.54, 1.807) is 0 Å². The SMILES string of the molecule is [CH2]C(C)c1cc(I)cc(CC)c1. The minimum atomic E-state index is 0.394. The third-order valence-corrected chi connectivity index (χ3v) is 2.58. The van der Waals surface area contributed by atoms with Crippen LogP contribution in [-0.4, -0.2) is 0 Å². The van der Waals surface area contributed by atoms with Crippen molar-refractivity contribution in [3.63, 3.8) is 0 Å². The monoisotopic (exact) mass is 273 g/mol. The van der Waals surface area contributed by atoms with Crippen LogP contribution in [0.25, 0.3) is 0 Å². The van der Waals surface area contributed by atoms with E-state index in [2.05, 4.69) is 61.6 Å². The van der Waals surface area contributed by atoms with E-state index in [4.69, 9.17) is 0 Å². The van der Waals surface area contributed by atoms with Crippen molar-refractivity contribution >= 4 is 22.6 Å². The number of hydrogen-bond acceptors (Lipinski definition) is 0. The van der Waals surface area contributed by atoms with Gasteiger partial charge in [-0.1, -0.05) is 19.9 Å². The van der Waals surface area contributed by atoms with E-state index in [9.17, 15) is 0 Å². The molecule has 1 aromatic rings. The number of aryl methyl sites for hydroxylation is 1. The van der Waals surface area contributed by atoms with Crippen molar-refractivity contribution < 1.29 is 0 Å². The van der Waals surface area contributed by atoms with Crippen LogP contribution in [-0.2, 0) is 6.42 Å². The van der Waals surface area contributed by atoms with Crippen molar-refractivity contribution in [2.24, 2.45) is 0 Å². The normalized spacial score (nSPS) is 10.8. The molecule has 0 nitrogen and oxygen atoms in total. The first-order valence-electron chi connectivity index (χ1n) is 4.26. The molecule has 1 rings (SSSR count). The van der Waals surface area contributed by atoms with Crippen molar-refractivity contribution in [1.82, 2.24) is 0 Å². The third-order valence-electron chi connectivity index (χ3n) is 1.96. The van der Waals surface area contributed by atoms with Gasteiger partial charge < -0.3 is 0 Å². The Hall–Kier alpha value is -0.0500. The first-order chi connectivity index (χ1) is 5.63. The second-order valence-corrected chi connectivity index (χ2v) is 4.39. The van der Waals surface area contributed by atoms with Crippen LogP contribution in [0.3, 0.4) is 0 Å². The van der Waals surface area contributed by atoms with Crippen molar-refractivity contribution in [2.75, 3.05) is 0 Å². The molecule has 0 amide bonds. The summed E-state index contributed by atoms with van der Waals surface area (Å²) in [6.45, 7) is 8.34. The minimum Gasteiger partial charge on any atom is -0.0613 e. The van der Waals surface area contributed by atoms with Crippen LogP contribution in [0, 0.1) is 10.5 Å². The van der Waals surface area contributed by atoms with E-state index < -0.39 is 0 Å². The van der Waals surface area contributed by atoms with Gasteiger partial charge in [0.2, 0.25) is 0 Å². The second kappa shape index (κ2) is 4.26. The van der Waals surface area contributed by atoms with Gasteiger partial charge in [-0.15, -0.1) is 0 Å². The molecule has 0 saturated carbocycles. The van der Waals surface area contributed by atoms with Gasteiger partial charge in [-0.3, -0.25) is 0 Å². The minimum absolute atomic E-state index is 0.394. The van der Waals surface area contributed by atoms with Crippen LogP contribution in [0.2, 0.25) is 0 Å². The van der Waals surface area contributed by atoms with Gasteiger partial charge in [0.25, 0.3) is 0 Å². The Labute approximate surface area is 88.5 Å². The first kappa shape index (κ1) is 10.0. The Morgan fingerprint density at radius 3 is 2.58 bits per heavy atom. The van der Waals surface area contributed by atoms with Crippen LogP contribution in [0.4, 0.5) is 0 Å². The topological polar surface area (TPSA) is 0 Å². The fraction of sp³-hybridized carbons (Fsp3) is 0.364. The lowest BCUT2D eigenvalue weighted by Gasteiger charge is -2.07. The Kier molecular flexibility index (Phi) is 3.56. The molecule has 0 aliphatic rings. The number of benzene rings is 1. The lowest BCUT2D eigenvalue weighted by Crippen LogP contribution is -1.91. The highest BCUT2D eigenvalue weighted by Gasteiger charge is 2.01. The van der Waals surface area contributed by atoms with Gasteiger partial charge >= 0.3 is 0 Å². The van der Waals surface area contributed by atoms with Crippen LogP contribution < -0.4 is 0 Å². The number of halogens is 1. The van der Waals surface area contributed by atoms with Crippen molar-refractivity contribution in [3.8, 4) is 0 Å². The van der Waals surface area contributed by atoms with Crippen molar-refractivity contribution in [3.05, 3.63) is 39.8 Å². The average Bonchev–Trinajstić information content (AvgIpc) is 2.03. The fourth-order valence-corrected chi connectivity index (χ4v) is 1.92. The quantitative estimate of drug-likeness (QED) is 0.719. The molecule has 0 aliphatic heterocycles. The molecule has 0 heterocycles. The second-order valence-electron chi connectivity index (χ2n) is 3.15. The van der Waals surface area contributed by atoms with Gasteiger partial charge in [-0.05, 0) is 65.1 Å². The molecule has 0 saturated heterocycles. The zero-order valence-electron chi connectivity index (χ0n) is 7.60. The standard InChI is InChI=1S/C11H14I/c1-4-9-5-10(8(2)3)7-11(12)6-9/h5-8H,2,4H2,1,3H3. The van der Waals surface area contributed by atoms with E-state index in [0.29, 0.717) is 5.92 Å². The summed E-state index contributed by atoms with van der Waals surface area (Å²) < 4.78 is 1.32. The number of rotatable bonds is 2. The lowest BCUT2D eigenvalue weighted by atomic mass is 10.0. The van der Waals surface area contributed by atoms with E-state index in [1.807, 2.05) is 0 Å². The number of hydrogen-bond donors (Lipinski definition) is 0. The Morgan fingerprint density at radius 2 is 2.08 bits per heavy atom. The van der Waals surface area contributed by atoms with Crippen LogP contribution >= 0.6 is 22.6 Å². The van der Waals surface area contributed by atoms with Crippen molar-refractivity contribution in [2.45, 2.75) is 26.2 Å². The first-order valence-corrected chi connectivity index (χ1v) is 5.33. The molecule has 0 spiro atoms. The van der Waals surface area contributed by atoms with Gasteiger partial charge in [0.05, 0.1) is 0 Å². The summed E-state index contributed by atoms with van der Waals surface area (Å²) in [6.07, 6.45) is 1.11. The molecule has 1 atom stereocenters. The van der Waals surface area contributed by atoms with Crippen LogP contribution in [0.5, 0.6) is 0 Å². The summed E-state index contributed by atoms with van der Waals surface area (Å²) in [5.41, 5.74) is 2.76. The zero-order chi connectivity index (χ0) is 9.14. The largest absolute Gasteiger partial charge is 0.0613 e. The summed E-state index contributed by atoms with van der Waals surface area (Å²) >= 11 is 2.36. The van der Waals surface area contributed by atoms with Crippen molar-refractivity contribution in [1.29, 1.82) is 0 Å². The Balaban J connectivity index is 3.06.